The molecule has 6 heteroatoms. The number of ether oxygens (including phenoxy) is 1. The molecule has 2 bridgehead atoms. The zero-order valence-electron chi connectivity index (χ0n) is 14.5. The van der Waals surface area contributed by atoms with Gasteiger partial charge in [0.2, 0.25) is 0 Å². The van der Waals surface area contributed by atoms with Crippen LogP contribution in [0.4, 0.5) is 0 Å². The van der Waals surface area contributed by atoms with Crippen molar-refractivity contribution in [3.05, 3.63) is 53.3 Å². The maximum Gasteiger partial charge on any atom is 0.251 e. The fourth-order valence-corrected chi connectivity index (χ4v) is 3.97. The first-order valence-electron chi connectivity index (χ1n) is 9.08. The molecule has 3 saturated heterocycles. The van der Waals surface area contributed by atoms with Crippen LogP contribution in [0.3, 0.4) is 0 Å². The van der Waals surface area contributed by atoms with Crippen molar-refractivity contribution in [2.24, 2.45) is 5.92 Å². The van der Waals surface area contributed by atoms with Crippen LogP contribution >= 0.6 is 11.6 Å². The Balaban J connectivity index is 1.38. The molecule has 1 atom stereocenters. The molecule has 1 N–H and O–H groups in total. The zero-order chi connectivity index (χ0) is 17.9. The molecule has 0 saturated carbocycles. The maximum absolute atomic E-state index is 12.6. The molecule has 3 aliphatic rings. The molecule has 5 nitrogen and oxygen atoms in total. The van der Waals surface area contributed by atoms with E-state index < -0.39 is 0 Å². The minimum atomic E-state index is -0.0222. The van der Waals surface area contributed by atoms with Gasteiger partial charge in [0.25, 0.3) is 5.91 Å². The van der Waals surface area contributed by atoms with Crippen molar-refractivity contribution in [3.8, 4) is 11.5 Å². The first-order valence-corrected chi connectivity index (χ1v) is 9.46. The van der Waals surface area contributed by atoms with E-state index in [0.717, 1.165) is 18.9 Å². The van der Waals surface area contributed by atoms with Gasteiger partial charge in [0.05, 0.1) is 0 Å². The van der Waals surface area contributed by atoms with Gasteiger partial charge in [-0.2, -0.15) is 0 Å². The fraction of sp³-hybridized carbons (Fsp3) is 0.400. The summed E-state index contributed by atoms with van der Waals surface area (Å²) >= 11 is 6.05. The number of benzene rings is 1. The lowest BCUT2D eigenvalue weighted by molar-refractivity contribution is 0.0929. The van der Waals surface area contributed by atoms with Crippen LogP contribution in [0.2, 0.25) is 5.02 Å². The Morgan fingerprint density at radius 1 is 1.19 bits per heavy atom. The van der Waals surface area contributed by atoms with E-state index in [1.165, 1.54) is 32.1 Å². The smallest absolute Gasteiger partial charge is 0.251 e. The standard InChI is InChI=1S/C20H22ClN3O2/c21-18-12-22-8-5-19(18)26-17-3-1-15(2-4-17)20(25)23-16-11-14-6-9-24(13-16)10-7-14/h1-5,8,12,14,16H,6-7,9-11,13H2,(H,23,25). The molecule has 5 rings (SSSR count). The highest BCUT2D eigenvalue weighted by Gasteiger charge is 2.29. The molecule has 0 spiro atoms. The number of pyridine rings is 1. The predicted molar refractivity (Wildman–Crippen MR) is 101 cm³/mol. The van der Waals surface area contributed by atoms with Gasteiger partial charge in [0.15, 0.2) is 0 Å². The van der Waals surface area contributed by atoms with Crippen LogP contribution in [-0.4, -0.2) is 41.5 Å². The van der Waals surface area contributed by atoms with Gasteiger partial charge in [-0.25, -0.2) is 0 Å². The molecule has 136 valence electrons. The van der Waals surface area contributed by atoms with E-state index in [0.29, 0.717) is 22.1 Å². The molecule has 2 aromatic rings. The Labute approximate surface area is 158 Å². The summed E-state index contributed by atoms with van der Waals surface area (Å²) in [7, 11) is 0. The number of nitrogens with zero attached hydrogens (tertiary/aromatic N) is 2. The largest absolute Gasteiger partial charge is 0.456 e. The normalized spacial score (nSPS) is 24.7. The summed E-state index contributed by atoms with van der Waals surface area (Å²) in [5, 5.41) is 3.65. The first-order chi connectivity index (χ1) is 12.7. The third-order valence-corrected chi connectivity index (χ3v) is 5.50. The highest BCUT2D eigenvalue weighted by Crippen LogP contribution is 2.29. The number of nitrogens with one attached hydrogen (secondary N) is 1. The van der Waals surface area contributed by atoms with Crippen LogP contribution in [-0.2, 0) is 0 Å². The predicted octanol–water partition coefficient (Wildman–Crippen LogP) is 3.74. The van der Waals surface area contributed by atoms with E-state index in [2.05, 4.69) is 15.2 Å². The zero-order valence-corrected chi connectivity index (χ0v) is 15.3. The summed E-state index contributed by atoms with van der Waals surface area (Å²) < 4.78 is 5.74. The topological polar surface area (TPSA) is 54.5 Å². The number of hydrogen-bond donors (Lipinski definition) is 1. The Hall–Kier alpha value is -2.11. The molecule has 0 aliphatic carbocycles. The molecule has 1 aromatic carbocycles. The van der Waals surface area contributed by atoms with Crippen molar-refractivity contribution in [1.82, 2.24) is 15.2 Å². The number of rotatable bonds is 4. The number of piperidine rings is 1. The Morgan fingerprint density at radius 2 is 1.96 bits per heavy atom. The number of hydrogen-bond acceptors (Lipinski definition) is 4. The van der Waals surface area contributed by atoms with Crippen molar-refractivity contribution in [2.75, 3.05) is 19.6 Å². The number of aromatic nitrogens is 1. The average Bonchev–Trinajstić information content (AvgIpc) is 2.96. The molecular weight excluding hydrogens is 350 g/mol. The lowest BCUT2D eigenvalue weighted by atomic mass is 9.94. The van der Waals surface area contributed by atoms with Gasteiger partial charge in [0.1, 0.15) is 16.5 Å². The van der Waals surface area contributed by atoms with Crippen molar-refractivity contribution >= 4 is 17.5 Å². The summed E-state index contributed by atoms with van der Waals surface area (Å²) in [6, 6.07) is 9.08. The van der Waals surface area contributed by atoms with Crippen LogP contribution in [0.1, 0.15) is 29.6 Å². The fourth-order valence-electron chi connectivity index (χ4n) is 3.81. The molecule has 1 unspecified atom stereocenters. The molecule has 1 amide bonds. The molecule has 1 aromatic heterocycles. The second-order valence-corrected chi connectivity index (χ2v) is 7.49. The summed E-state index contributed by atoms with van der Waals surface area (Å²) in [6.07, 6.45) is 6.77. The minimum Gasteiger partial charge on any atom is -0.456 e. The van der Waals surface area contributed by atoms with Crippen LogP contribution in [0, 0.1) is 5.92 Å². The lowest BCUT2D eigenvalue weighted by Crippen LogP contribution is -2.41. The van der Waals surface area contributed by atoms with Gasteiger partial charge in [0, 0.05) is 36.6 Å². The third-order valence-electron chi connectivity index (χ3n) is 5.22. The summed E-state index contributed by atoms with van der Waals surface area (Å²) in [5.41, 5.74) is 0.643. The molecule has 0 radical (unpaired) electrons. The summed E-state index contributed by atoms with van der Waals surface area (Å²) in [4.78, 5) is 19.0. The second-order valence-electron chi connectivity index (χ2n) is 7.08. The maximum atomic E-state index is 12.6. The Bertz CT molecular complexity index is 759. The minimum absolute atomic E-state index is 0.0222. The van der Waals surface area contributed by atoms with Gasteiger partial charge in [-0.1, -0.05) is 11.6 Å². The van der Waals surface area contributed by atoms with E-state index in [-0.39, 0.29) is 11.9 Å². The van der Waals surface area contributed by atoms with E-state index in [4.69, 9.17) is 16.3 Å². The quantitative estimate of drug-likeness (QED) is 0.889. The highest BCUT2D eigenvalue weighted by molar-refractivity contribution is 6.31. The van der Waals surface area contributed by atoms with Crippen molar-refractivity contribution in [3.63, 3.8) is 0 Å². The first kappa shape index (κ1) is 17.3. The van der Waals surface area contributed by atoms with Gasteiger partial charge in [-0.15, -0.1) is 0 Å². The van der Waals surface area contributed by atoms with E-state index >= 15 is 0 Å². The average molecular weight is 372 g/mol. The van der Waals surface area contributed by atoms with E-state index in [1.54, 1.807) is 36.5 Å². The van der Waals surface area contributed by atoms with Gasteiger partial charge < -0.3 is 15.0 Å². The van der Waals surface area contributed by atoms with E-state index in [9.17, 15) is 4.79 Å². The Morgan fingerprint density at radius 3 is 2.69 bits per heavy atom. The molecule has 3 aliphatic heterocycles. The third kappa shape index (κ3) is 4.00. The molecule has 3 fully saturated rings. The number of carbonyl (C=O) groups is 1. The van der Waals surface area contributed by atoms with Gasteiger partial charge in [-0.3, -0.25) is 9.78 Å². The van der Waals surface area contributed by atoms with Gasteiger partial charge >= 0.3 is 0 Å². The second kappa shape index (κ2) is 7.64. The monoisotopic (exact) mass is 371 g/mol. The van der Waals surface area contributed by atoms with E-state index in [1.807, 2.05) is 0 Å². The van der Waals surface area contributed by atoms with Gasteiger partial charge in [-0.05, 0) is 62.5 Å². The van der Waals surface area contributed by atoms with Crippen LogP contribution in [0.15, 0.2) is 42.7 Å². The van der Waals surface area contributed by atoms with Crippen LogP contribution in [0.25, 0.3) is 0 Å². The highest BCUT2D eigenvalue weighted by atomic mass is 35.5. The van der Waals surface area contributed by atoms with Crippen molar-refractivity contribution in [2.45, 2.75) is 25.3 Å². The molecule has 26 heavy (non-hydrogen) atoms. The summed E-state index contributed by atoms with van der Waals surface area (Å²) in [6.45, 7) is 3.30. The SMILES string of the molecule is O=C(NC1CC2CCN(CC2)C1)c1ccc(Oc2ccncc2Cl)cc1. The molecular formula is C20H22ClN3O2. The number of fused-ring (bicyclic) bond motifs is 4. The summed E-state index contributed by atoms with van der Waals surface area (Å²) in [5.74, 6) is 1.90. The van der Waals surface area contributed by atoms with Crippen molar-refractivity contribution in [1.29, 1.82) is 0 Å². The lowest BCUT2D eigenvalue weighted by Gasteiger charge is -2.26. The Kier molecular flexibility index (Phi) is 5.09. The number of amides is 1. The van der Waals surface area contributed by atoms with Crippen LogP contribution < -0.4 is 10.1 Å². The van der Waals surface area contributed by atoms with Crippen LogP contribution in [0.5, 0.6) is 11.5 Å². The number of halogens is 1. The number of carbonyl (C=O) groups excluding carboxylic acids is 1. The van der Waals surface area contributed by atoms with Crippen molar-refractivity contribution < 1.29 is 9.53 Å². The molecule has 4 heterocycles.